The Morgan fingerprint density at radius 1 is 1.08 bits per heavy atom. The number of pyridine rings is 1. The standard InChI is InChI=1S/C28H34N4O6S/c1-37-16-22-17-38-28(34)32(22)21-7-8-23(25(14-21)39(2,35)36)27(33)31-11-9-30(10-12-31)26-24(19-5-6-19)13-20(15-29-26)18-3-4-18/h7-8,13-15,18-19,22H,3-6,9-12,16-17H2,1-2H3/t22-/m1/s1. The van der Waals surface area contributed by atoms with Crippen LogP contribution >= 0.6 is 0 Å². The maximum absolute atomic E-state index is 13.6. The molecule has 4 aliphatic rings. The first-order valence-corrected chi connectivity index (χ1v) is 15.5. The van der Waals surface area contributed by atoms with Gasteiger partial charge in [-0.25, -0.2) is 18.2 Å². The molecule has 2 aliphatic heterocycles. The summed E-state index contributed by atoms with van der Waals surface area (Å²) < 4.78 is 35.9. The molecule has 1 aromatic carbocycles. The zero-order chi connectivity index (χ0) is 27.3. The van der Waals surface area contributed by atoms with Crippen LogP contribution in [0.4, 0.5) is 16.3 Å². The largest absolute Gasteiger partial charge is 0.447 e. The van der Waals surface area contributed by atoms with Crippen LogP contribution in [0.5, 0.6) is 0 Å². The summed E-state index contributed by atoms with van der Waals surface area (Å²) in [5, 5.41) is 0. The van der Waals surface area contributed by atoms with Gasteiger partial charge >= 0.3 is 6.09 Å². The van der Waals surface area contributed by atoms with Crippen molar-refractivity contribution in [1.82, 2.24) is 9.88 Å². The van der Waals surface area contributed by atoms with E-state index >= 15 is 0 Å². The van der Waals surface area contributed by atoms with Gasteiger partial charge in [0, 0.05) is 51.4 Å². The number of rotatable bonds is 8. The van der Waals surface area contributed by atoms with Crippen molar-refractivity contribution in [3.05, 3.63) is 47.2 Å². The second kappa shape index (κ2) is 10.1. The Balaban J connectivity index is 1.20. The first kappa shape index (κ1) is 26.1. The van der Waals surface area contributed by atoms with Gasteiger partial charge in [0.1, 0.15) is 12.4 Å². The summed E-state index contributed by atoms with van der Waals surface area (Å²) in [6.07, 6.45) is 7.42. The van der Waals surface area contributed by atoms with Crippen LogP contribution < -0.4 is 9.80 Å². The van der Waals surface area contributed by atoms with E-state index in [0.717, 1.165) is 12.1 Å². The molecular formula is C28H34N4O6S. The zero-order valence-corrected chi connectivity index (χ0v) is 23.2. The number of ether oxygens (including phenoxy) is 2. The van der Waals surface area contributed by atoms with Crippen molar-refractivity contribution in [2.24, 2.45) is 0 Å². The van der Waals surface area contributed by atoms with Crippen LogP contribution in [0, 0.1) is 0 Å². The molecule has 39 heavy (non-hydrogen) atoms. The minimum Gasteiger partial charge on any atom is -0.447 e. The lowest BCUT2D eigenvalue weighted by Crippen LogP contribution is -2.49. The quantitative estimate of drug-likeness (QED) is 0.490. The molecule has 11 heteroatoms. The van der Waals surface area contributed by atoms with Crippen molar-refractivity contribution in [1.29, 1.82) is 0 Å². The third-order valence-corrected chi connectivity index (χ3v) is 9.18. The van der Waals surface area contributed by atoms with Gasteiger partial charge in [0.15, 0.2) is 9.84 Å². The molecule has 1 aromatic heterocycles. The molecule has 2 saturated heterocycles. The topological polar surface area (TPSA) is 109 Å². The van der Waals surface area contributed by atoms with Gasteiger partial charge in [-0.15, -0.1) is 0 Å². The number of hydrogen-bond acceptors (Lipinski definition) is 8. The number of amides is 2. The minimum absolute atomic E-state index is 0.100. The van der Waals surface area contributed by atoms with E-state index in [0.29, 0.717) is 43.7 Å². The molecule has 6 rings (SSSR count). The van der Waals surface area contributed by atoms with Crippen molar-refractivity contribution in [2.45, 2.75) is 48.5 Å². The molecular weight excluding hydrogens is 520 g/mol. The molecule has 1 atom stereocenters. The lowest BCUT2D eigenvalue weighted by Gasteiger charge is -2.36. The van der Waals surface area contributed by atoms with Gasteiger partial charge in [-0.3, -0.25) is 9.69 Å². The van der Waals surface area contributed by atoms with Crippen LogP contribution in [-0.2, 0) is 19.3 Å². The van der Waals surface area contributed by atoms with Crippen LogP contribution in [0.15, 0.2) is 35.4 Å². The fourth-order valence-electron chi connectivity index (χ4n) is 5.62. The second-order valence-electron chi connectivity index (χ2n) is 11.0. The summed E-state index contributed by atoms with van der Waals surface area (Å²) in [6, 6.07) is 6.46. The highest BCUT2D eigenvalue weighted by atomic mass is 32.2. The molecule has 0 spiro atoms. The first-order chi connectivity index (χ1) is 18.7. The molecule has 2 aliphatic carbocycles. The van der Waals surface area contributed by atoms with Gasteiger partial charge in [-0.05, 0) is 66.8 Å². The Hall–Kier alpha value is -3.18. The van der Waals surface area contributed by atoms with Crippen molar-refractivity contribution < 1.29 is 27.5 Å². The third kappa shape index (κ3) is 5.21. The highest BCUT2D eigenvalue weighted by molar-refractivity contribution is 7.90. The maximum Gasteiger partial charge on any atom is 0.414 e. The molecule has 0 bridgehead atoms. The first-order valence-electron chi connectivity index (χ1n) is 13.6. The van der Waals surface area contributed by atoms with Crippen molar-refractivity contribution in [3.63, 3.8) is 0 Å². The lowest BCUT2D eigenvalue weighted by molar-refractivity contribution is 0.0742. The molecule has 0 radical (unpaired) electrons. The summed E-state index contributed by atoms with van der Waals surface area (Å²) in [6.45, 7) is 2.58. The molecule has 2 amide bonds. The average Bonchev–Trinajstić information content (AvgIpc) is 3.86. The summed E-state index contributed by atoms with van der Waals surface area (Å²) in [5.41, 5.74) is 3.15. The van der Waals surface area contributed by atoms with E-state index in [1.807, 2.05) is 6.20 Å². The predicted octanol–water partition coefficient (Wildman–Crippen LogP) is 3.17. The van der Waals surface area contributed by atoms with E-state index in [-0.39, 0.29) is 35.6 Å². The number of piperazine rings is 1. The Morgan fingerprint density at radius 3 is 2.44 bits per heavy atom. The zero-order valence-electron chi connectivity index (χ0n) is 22.3. The number of cyclic esters (lactones) is 1. The number of benzene rings is 1. The van der Waals surface area contributed by atoms with Crippen LogP contribution in [0.1, 0.15) is 59.0 Å². The normalized spacial score (nSPS) is 21.8. The number of anilines is 2. The van der Waals surface area contributed by atoms with Gasteiger partial charge < -0.3 is 19.3 Å². The predicted molar refractivity (Wildman–Crippen MR) is 145 cm³/mol. The summed E-state index contributed by atoms with van der Waals surface area (Å²) in [5.74, 6) is 1.94. The minimum atomic E-state index is -3.76. The van der Waals surface area contributed by atoms with Crippen molar-refractivity contribution in [3.8, 4) is 0 Å². The molecule has 2 saturated carbocycles. The van der Waals surface area contributed by atoms with E-state index in [1.54, 1.807) is 11.0 Å². The number of hydrogen-bond donors (Lipinski definition) is 0. The van der Waals surface area contributed by atoms with Gasteiger partial charge in [0.25, 0.3) is 5.91 Å². The average molecular weight is 555 g/mol. The SMILES string of the molecule is COC[C@@H]1COC(=O)N1c1ccc(C(=O)N2CCN(c3ncc(C4CC4)cc3C3CC3)CC2)c(S(C)(=O)=O)c1. The number of sulfone groups is 1. The summed E-state index contributed by atoms with van der Waals surface area (Å²) in [4.78, 5) is 36.1. The maximum atomic E-state index is 13.6. The third-order valence-electron chi connectivity index (χ3n) is 8.04. The number of methoxy groups -OCH3 is 1. The molecule has 4 fully saturated rings. The van der Waals surface area contributed by atoms with Gasteiger partial charge in [0.2, 0.25) is 0 Å². The van der Waals surface area contributed by atoms with Gasteiger partial charge in [-0.1, -0.05) is 6.07 Å². The van der Waals surface area contributed by atoms with Crippen LogP contribution in [0.3, 0.4) is 0 Å². The summed E-state index contributed by atoms with van der Waals surface area (Å²) >= 11 is 0. The van der Waals surface area contributed by atoms with E-state index in [1.165, 1.54) is 61.0 Å². The summed E-state index contributed by atoms with van der Waals surface area (Å²) in [7, 11) is -2.24. The highest BCUT2D eigenvalue weighted by Crippen LogP contribution is 2.47. The van der Waals surface area contributed by atoms with Gasteiger partial charge in [-0.2, -0.15) is 0 Å². The molecule has 0 unspecified atom stereocenters. The molecule has 3 heterocycles. The number of carbonyl (C=O) groups excluding carboxylic acids is 2. The van der Waals surface area contributed by atoms with E-state index in [2.05, 4.69) is 11.0 Å². The Kier molecular flexibility index (Phi) is 6.74. The molecule has 10 nitrogen and oxygen atoms in total. The highest BCUT2D eigenvalue weighted by Gasteiger charge is 2.37. The smallest absolute Gasteiger partial charge is 0.414 e. The molecule has 0 N–H and O–H groups in total. The van der Waals surface area contributed by atoms with Crippen LogP contribution in [-0.4, -0.2) is 89.1 Å². The number of carbonyl (C=O) groups is 2. The molecule has 208 valence electrons. The van der Waals surface area contributed by atoms with E-state index in [9.17, 15) is 18.0 Å². The monoisotopic (exact) mass is 554 g/mol. The van der Waals surface area contributed by atoms with E-state index in [4.69, 9.17) is 14.5 Å². The van der Waals surface area contributed by atoms with Gasteiger partial charge in [0.05, 0.1) is 23.1 Å². The van der Waals surface area contributed by atoms with E-state index < -0.39 is 15.9 Å². The van der Waals surface area contributed by atoms with Crippen molar-refractivity contribution >= 4 is 33.3 Å². The van der Waals surface area contributed by atoms with Crippen LogP contribution in [0.25, 0.3) is 0 Å². The fraction of sp³-hybridized carbons (Fsp3) is 0.536. The number of aromatic nitrogens is 1. The van der Waals surface area contributed by atoms with Crippen LogP contribution in [0.2, 0.25) is 0 Å². The Labute approximate surface area is 228 Å². The molecule has 2 aromatic rings. The van der Waals surface area contributed by atoms with Crippen molar-refractivity contribution in [2.75, 3.05) is 62.6 Å². The second-order valence-corrected chi connectivity index (χ2v) is 13.0. The Morgan fingerprint density at radius 2 is 1.79 bits per heavy atom. The number of nitrogens with zero attached hydrogens (tertiary/aromatic N) is 4. The fourth-order valence-corrected chi connectivity index (χ4v) is 6.51. The lowest BCUT2D eigenvalue weighted by atomic mass is 10.1. The Bertz CT molecular complexity index is 1400.